The molecular weight excluding hydrogens is 410 g/mol. The number of nitro groups is 1. The fraction of sp³-hybridized carbons (Fsp3) is 0.217. The first-order valence-corrected chi connectivity index (χ1v) is 10.2. The van der Waals surface area contributed by atoms with Crippen LogP contribution in [-0.2, 0) is 4.79 Å². The number of hydrogen-bond donors (Lipinski definition) is 1. The fourth-order valence-electron chi connectivity index (χ4n) is 3.72. The minimum absolute atomic E-state index is 0.0915. The molecule has 1 saturated heterocycles. The third-order valence-corrected chi connectivity index (χ3v) is 5.45. The lowest BCUT2D eigenvalue weighted by molar-refractivity contribution is -0.384. The molecule has 2 aromatic carbocycles. The van der Waals surface area contributed by atoms with Crippen LogP contribution in [0.25, 0.3) is 0 Å². The molecule has 32 heavy (non-hydrogen) atoms. The van der Waals surface area contributed by atoms with Gasteiger partial charge >= 0.3 is 0 Å². The number of amides is 1. The van der Waals surface area contributed by atoms with Gasteiger partial charge in [0.25, 0.3) is 5.69 Å². The van der Waals surface area contributed by atoms with Gasteiger partial charge in [-0.2, -0.15) is 0 Å². The largest absolute Gasteiger partial charge is 0.341 e. The van der Waals surface area contributed by atoms with Crippen molar-refractivity contribution in [3.05, 3.63) is 88.2 Å². The number of hydrogen-bond acceptors (Lipinski definition) is 7. The predicted molar refractivity (Wildman–Crippen MR) is 119 cm³/mol. The molecule has 2 heterocycles. The number of piperidine rings is 1. The Bertz CT molecular complexity index is 1130. The molecule has 0 saturated carbocycles. The van der Waals surface area contributed by atoms with Gasteiger partial charge in [0.2, 0.25) is 11.9 Å². The highest BCUT2D eigenvalue weighted by Crippen LogP contribution is 2.27. The lowest BCUT2D eigenvalue weighted by Gasteiger charge is -2.31. The van der Waals surface area contributed by atoms with E-state index in [4.69, 9.17) is 0 Å². The summed E-state index contributed by atoms with van der Waals surface area (Å²) >= 11 is 0. The van der Waals surface area contributed by atoms with Crippen LogP contribution < -0.4 is 10.2 Å². The fourth-order valence-corrected chi connectivity index (χ4v) is 3.72. The molecule has 1 aliphatic heterocycles. The van der Waals surface area contributed by atoms with Crippen molar-refractivity contribution in [2.24, 2.45) is 5.92 Å². The van der Waals surface area contributed by atoms with Crippen molar-refractivity contribution in [1.82, 2.24) is 9.97 Å². The third-order valence-electron chi connectivity index (χ3n) is 5.45. The highest BCUT2D eigenvalue weighted by molar-refractivity contribution is 6.14. The molecule has 162 valence electrons. The van der Waals surface area contributed by atoms with E-state index in [0.29, 0.717) is 37.4 Å². The molecule has 0 bridgehead atoms. The van der Waals surface area contributed by atoms with Crippen LogP contribution in [-0.4, -0.2) is 39.7 Å². The van der Waals surface area contributed by atoms with Crippen molar-refractivity contribution in [3.8, 4) is 0 Å². The van der Waals surface area contributed by atoms with Gasteiger partial charge in [-0.3, -0.25) is 19.7 Å². The van der Waals surface area contributed by atoms with Crippen LogP contribution in [0.3, 0.4) is 0 Å². The van der Waals surface area contributed by atoms with Gasteiger partial charge in [0, 0.05) is 49.1 Å². The Kier molecular flexibility index (Phi) is 6.16. The monoisotopic (exact) mass is 431 g/mol. The molecule has 9 nitrogen and oxygen atoms in total. The standard InChI is InChI=1S/C23H21N5O4/c29-21(16-5-2-1-3-6-16)19-15-18(28(31)32)7-8-20(19)26-22(30)17-9-13-27(14-10-17)23-24-11-4-12-25-23/h1-8,11-12,15,17H,9-10,13-14H2,(H,26,30). The minimum atomic E-state index is -0.561. The van der Waals surface area contributed by atoms with E-state index in [-0.39, 0.29) is 34.5 Å². The molecule has 3 aromatic rings. The maximum atomic E-state index is 13.0. The molecule has 0 radical (unpaired) electrons. The van der Waals surface area contributed by atoms with Crippen LogP contribution in [0, 0.1) is 16.0 Å². The molecule has 4 rings (SSSR count). The number of anilines is 2. The summed E-state index contributed by atoms with van der Waals surface area (Å²) in [6, 6.07) is 14.1. The van der Waals surface area contributed by atoms with E-state index in [1.54, 1.807) is 48.8 Å². The zero-order valence-electron chi connectivity index (χ0n) is 17.2. The number of aromatic nitrogens is 2. The van der Waals surface area contributed by atoms with Crippen molar-refractivity contribution in [1.29, 1.82) is 0 Å². The highest BCUT2D eigenvalue weighted by Gasteiger charge is 2.27. The number of benzene rings is 2. The highest BCUT2D eigenvalue weighted by atomic mass is 16.6. The van der Waals surface area contributed by atoms with Crippen molar-refractivity contribution < 1.29 is 14.5 Å². The number of nitro benzene ring substituents is 1. The molecular formula is C23H21N5O4. The van der Waals surface area contributed by atoms with E-state index in [0.717, 1.165) is 0 Å². The second kappa shape index (κ2) is 9.34. The molecule has 0 spiro atoms. The topological polar surface area (TPSA) is 118 Å². The van der Waals surface area contributed by atoms with Gasteiger partial charge in [-0.15, -0.1) is 0 Å². The average molecular weight is 431 g/mol. The Morgan fingerprint density at radius 3 is 2.34 bits per heavy atom. The Morgan fingerprint density at radius 1 is 1.00 bits per heavy atom. The first-order valence-electron chi connectivity index (χ1n) is 10.2. The van der Waals surface area contributed by atoms with Crippen LogP contribution in [0.5, 0.6) is 0 Å². The summed E-state index contributed by atoms with van der Waals surface area (Å²) in [6.07, 6.45) is 4.58. The number of carbonyl (C=O) groups is 2. The molecule has 0 aliphatic carbocycles. The lowest BCUT2D eigenvalue weighted by Crippen LogP contribution is -2.39. The molecule has 9 heteroatoms. The smallest absolute Gasteiger partial charge is 0.270 e. The first kappa shape index (κ1) is 21.1. The Labute approximate surface area is 184 Å². The number of nitrogens with one attached hydrogen (secondary N) is 1. The zero-order chi connectivity index (χ0) is 22.5. The summed E-state index contributed by atoms with van der Waals surface area (Å²) in [4.78, 5) is 47.1. The maximum Gasteiger partial charge on any atom is 0.270 e. The first-order chi connectivity index (χ1) is 15.5. The van der Waals surface area contributed by atoms with Crippen molar-refractivity contribution in [3.63, 3.8) is 0 Å². The van der Waals surface area contributed by atoms with E-state index in [1.807, 2.05) is 4.90 Å². The summed E-state index contributed by atoms with van der Waals surface area (Å²) in [6.45, 7) is 1.27. The SMILES string of the molecule is O=C(c1ccccc1)c1cc([N+](=O)[O-])ccc1NC(=O)C1CCN(c2ncccn2)CC1. The van der Waals surface area contributed by atoms with Gasteiger partial charge in [-0.05, 0) is 25.0 Å². The minimum Gasteiger partial charge on any atom is -0.341 e. The molecule has 1 aromatic heterocycles. The zero-order valence-corrected chi connectivity index (χ0v) is 17.2. The number of carbonyl (C=O) groups excluding carboxylic acids is 2. The second-order valence-corrected chi connectivity index (χ2v) is 7.48. The maximum absolute atomic E-state index is 13.0. The Hall–Kier alpha value is -4.14. The quantitative estimate of drug-likeness (QED) is 0.361. The van der Waals surface area contributed by atoms with E-state index < -0.39 is 4.92 Å². The Morgan fingerprint density at radius 2 is 1.69 bits per heavy atom. The predicted octanol–water partition coefficient (Wildman–Crippen LogP) is 3.47. The summed E-state index contributed by atoms with van der Waals surface area (Å²) in [5.74, 6) is -0.211. The van der Waals surface area contributed by atoms with E-state index in [1.165, 1.54) is 18.2 Å². The van der Waals surface area contributed by atoms with Crippen molar-refractivity contribution >= 4 is 29.0 Å². The summed E-state index contributed by atoms with van der Waals surface area (Å²) in [5.41, 5.74) is 0.537. The van der Waals surface area contributed by atoms with Crippen molar-refractivity contribution in [2.45, 2.75) is 12.8 Å². The molecule has 1 fully saturated rings. The van der Waals surface area contributed by atoms with E-state index in [2.05, 4.69) is 15.3 Å². The summed E-state index contributed by atoms with van der Waals surface area (Å²) in [5, 5.41) is 14.1. The van der Waals surface area contributed by atoms with E-state index >= 15 is 0 Å². The number of nitrogens with zero attached hydrogens (tertiary/aromatic N) is 4. The van der Waals surface area contributed by atoms with Gasteiger partial charge in [-0.25, -0.2) is 9.97 Å². The van der Waals surface area contributed by atoms with Crippen molar-refractivity contribution in [2.75, 3.05) is 23.3 Å². The van der Waals surface area contributed by atoms with E-state index in [9.17, 15) is 19.7 Å². The third kappa shape index (κ3) is 4.61. The van der Waals surface area contributed by atoms with Crippen LogP contribution >= 0.6 is 0 Å². The average Bonchev–Trinajstić information content (AvgIpc) is 2.85. The van der Waals surface area contributed by atoms with Gasteiger partial charge in [-0.1, -0.05) is 30.3 Å². The van der Waals surface area contributed by atoms with Crippen LogP contribution in [0.2, 0.25) is 0 Å². The number of rotatable bonds is 6. The van der Waals surface area contributed by atoms with Gasteiger partial charge in [0.15, 0.2) is 5.78 Å². The Balaban J connectivity index is 1.50. The molecule has 0 unspecified atom stereocenters. The molecule has 1 amide bonds. The molecule has 0 atom stereocenters. The second-order valence-electron chi connectivity index (χ2n) is 7.48. The summed E-state index contributed by atoms with van der Waals surface area (Å²) in [7, 11) is 0. The number of ketones is 1. The molecule has 1 aliphatic rings. The number of non-ortho nitro benzene ring substituents is 1. The van der Waals surface area contributed by atoms with Gasteiger partial charge < -0.3 is 10.2 Å². The molecule has 1 N–H and O–H groups in total. The van der Waals surface area contributed by atoms with Crippen LogP contribution in [0.15, 0.2) is 67.0 Å². The normalized spacial score (nSPS) is 14.1. The summed E-state index contributed by atoms with van der Waals surface area (Å²) < 4.78 is 0. The van der Waals surface area contributed by atoms with Gasteiger partial charge in [0.05, 0.1) is 16.2 Å². The van der Waals surface area contributed by atoms with Crippen LogP contribution in [0.1, 0.15) is 28.8 Å². The lowest BCUT2D eigenvalue weighted by atomic mass is 9.95. The van der Waals surface area contributed by atoms with Crippen LogP contribution in [0.4, 0.5) is 17.3 Å². The van der Waals surface area contributed by atoms with Gasteiger partial charge in [0.1, 0.15) is 0 Å².